The third kappa shape index (κ3) is 7.30. The molecule has 0 spiro atoms. The monoisotopic (exact) mass is 433 g/mol. The topological polar surface area (TPSA) is 88.2 Å². The van der Waals surface area contributed by atoms with Gasteiger partial charge in [0.15, 0.2) is 5.82 Å². The van der Waals surface area contributed by atoms with Crippen molar-refractivity contribution >= 4 is 5.97 Å². The molecule has 176 valence electrons. The summed E-state index contributed by atoms with van der Waals surface area (Å²) in [5.74, 6) is 0.401. The highest BCUT2D eigenvalue weighted by Gasteiger charge is 2.41. The van der Waals surface area contributed by atoms with Crippen LogP contribution in [0.15, 0.2) is 4.52 Å². The van der Waals surface area contributed by atoms with Gasteiger partial charge in [0, 0.05) is 6.04 Å². The number of carboxylic acids is 1. The summed E-state index contributed by atoms with van der Waals surface area (Å²) < 4.78 is 5.67. The molecule has 2 N–H and O–H groups in total. The highest BCUT2D eigenvalue weighted by molar-refractivity contribution is 5.72. The summed E-state index contributed by atoms with van der Waals surface area (Å²) >= 11 is 0. The van der Waals surface area contributed by atoms with E-state index in [1.807, 2.05) is 20.8 Å². The number of nitrogens with zero attached hydrogens (tertiary/aromatic N) is 2. The van der Waals surface area contributed by atoms with Gasteiger partial charge in [0.2, 0.25) is 5.89 Å². The van der Waals surface area contributed by atoms with Gasteiger partial charge >= 0.3 is 5.97 Å². The molecule has 31 heavy (non-hydrogen) atoms. The van der Waals surface area contributed by atoms with Crippen LogP contribution in [0.3, 0.4) is 0 Å². The Morgan fingerprint density at radius 2 is 1.74 bits per heavy atom. The van der Waals surface area contributed by atoms with E-state index in [2.05, 4.69) is 15.5 Å². The number of carbonyl (C=O) groups is 1. The first-order chi connectivity index (χ1) is 14.8. The van der Waals surface area contributed by atoms with Gasteiger partial charge in [-0.25, -0.2) is 0 Å². The van der Waals surface area contributed by atoms with E-state index in [1.165, 1.54) is 70.6 Å². The quantitative estimate of drug-likeness (QED) is 0.465. The molecule has 1 aromatic rings. The maximum absolute atomic E-state index is 12.3. The second-order valence-electron chi connectivity index (χ2n) is 11.0. The van der Waals surface area contributed by atoms with Crippen LogP contribution in [0.4, 0.5) is 0 Å². The Hall–Kier alpha value is -1.43. The lowest BCUT2D eigenvalue weighted by molar-refractivity contribution is -0.147. The van der Waals surface area contributed by atoms with Gasteiger partial charge in [0.05, 0.1) is 18.4 Å². The minimum atomic E-state index is -0.768. The molecule has 0 saturated heterocycles. The van der Waals surface area contributed by atoms with Crippen LogP contribution in [0.25, 0.3) is 0 Å². The van der Waals surface area contributed by atoms with E-state index in [4.69, 9.17) is 4.52 Å². The molecular weight excluding hydrogens is 390 g/mol. The van der Waals surface area contributed by atoms with Crippen LogP contribution in [0.2, 0.25) is 0 Å². The number of hydrogen-bond donors (Lipinski definition) is 2. The van der Waals surface area contributed by atoms with Crippen molar-refractivity contribution in [3.05, 3.63) is 11.7 Å². The van der Waals surface area contributed by atoms with Crippen LogP contribution in [-0.2, 0) is 11.3 Å². The predicted octanol–water partition coefficient (Wildman–Crippen LogP) is 6.07. The van der Waals surface area contributed by atoms with Gasteiger partial charge in [-0.1, -0.05) is 90.1 Å². The maximum atomic E-state index is 12.3. The Morgan fingerprint density at radius 3 is 2.35 bits per heavy atom. The number of carboxylic acid groups (broad SMARTS) is 1. The smallest absolute Gasteiger partial charge is 0.307 e. The molecule has 1 heterocycles. The fourth-order valence-corrected chi connectivity index (χ4v) is 5.71. The van der Waals surface area contributed by atoms with Gasteiger partial charge in [-0.3, -0.25) is 4.79 Å². The van der Waals surface area contributed by atoms with Crippen LogP contribution in [0.1, 0.15) is 122 Å². The third-order valence-corrected chi connectivity index (χ3v) is 7.41. The minimum absolute atomic E-state index is 0.239. The normalized spacial score (nSPS) is 21.1. The Morgan fingerprint density at radius 1 is 1.10 bits per heavy atom. The van der Waals surface area contributed by atoms with Gasteiger partial charge in [-0.15, -0.1) is 0 Å². The van der Waals surface area contributed by atoms with E-state index in [0.29, 0.717) is 24.3 Å². The van der Waals surface area contributed by atoms with Crippen molar-refractivity contribution in [1.29, 1.82) is 0 Å². The number of nitrogens with one attached hydrogen (secondary N) is 1. The van der Waals surface area contributed by atoms with E-state index >= 15 is 0 Å². The predicted molar refractivity (Wildman–Crippen MR) is 122 cm³/mol. The lowest BCUT2D eigenvalue weighted by Crippen LogP contribution is -2.34. The molecular formula is C25H43N3O3. The third-order valence-electron chi connectivity index (χ3n) is 7.41. The van der Waals surface area contributed by atoms with Crippen molar-refractivity contribution in [2.24, 2.45) is 17.3 Å². The molecule has 2 atom stereocenters. The second kappa shape index (κ2) is 11.4. The van der Waals surface area contributed by atoms with Crippen molar-refractivity contribution in [3.8, 4) is 0 Å². The largest absolute Gasteiger partial charge is 0.481 e. The highest BCUT2D eigenvalue weighted by atomic mass is 16.5. The van der Waals surface area contributed by atoms with E-state index in [0.717, 1.165) is 18.8 Å². The van der Waals surface area contributed by atoms with E-state index < -0.39 is 11.9 Å². The summed E-state index contributed by atoms with van der Waals surface area (Å²) in [4.78, 5) is 16.9. The zero-order chi connectivity index (χ0) is 22.3. The fraction of sp³-hybridized carbons (Fsp3) is 0.880. The van der Waals surface area contributed by atoms with Crippen LogP contribution in [-0.4, -0.2) is 27.3 Å². The van der Waals surface area contributed by atoms with Crippen molar-refractivity contribution in [2.45, 2.75) is 123 Å². The summed E-state index contributed by atoms with van der Waals surface area (Å²) in [5, 5.41) is 17.8. The standard InChI is InChI=1S/C25H43N3O3/c1-25(2,3)22(24(29)30)20(16-10-13-18-11-6-4-7-12-18)23-27-21(28-31-23)17-26-19-14-8-5-9-15-19/h18-20,22,26H,4-17H2,1-3H3,(H,29,30)/t20-,22?/m1/s1. The van der Waals surface area contributed by atoms with Crippen LogP contribution >= 0.6 is 0 Å². The SMILES string of the molecule is CC(C)(C)C(C(=O)O)[C@@H](CCCC1CCCCC1)c1nc(CNC2CCCCC2)no1. The zero-order valence-corrected chi connectivity index (χ0v) is 19.9. The second-order valence-corrected chi connectivity index (χ2v) is 11.0. The van der Waals surface area contributed by atoms with Crippen LogP contribution in [0.5, 0.6) is 0 Å². The molecule has 2 fully saturated rings. The average Bonchev–Trinajstić information content (AvgIpc) is 3.21. The van der Waals surface area contributed by atoms with E-state index in [-0.39, 0.29) is 11.3 Å². The van der Waals surface area contributed by atoms with Gasteiger partial charge in [-0.2, -0.15) is 4.98 Å². The fourth-order valence-electron chi connectivity index (χ4n) is 5.71. The van der Waals surface area contributed by atoms with Gasteiger partial charge in [0.25, 0.3) is 0 Å². The Balaban J connectivity index is 1.65. The summed E-state index contributed by atoms with van der Waals surface area (Å²) in [5.41, 5.74) is -0.379. The molecule has 2 saturated carbocycles. The molecule has 6 heteroatoms. The lowest BCUT2D eigenvalue weighted by atomic mass is 9.71. The summed E-state index contributed by atoms with van der Waals surface area (Å²) in [6.07, 6.45) is 16.0. The first-order valence-corrected chi connectivity index (χ1v) is 12.6. The molecule has 2 aliphatic carbocycles. The van der Waals surface area contributed by atoms with Crippen LogP contribution in [0, 0.1) is 17.3 Å². The number of rotatable bonds is 10. The van der Waals surface area contributed by atoms with E-state index in [9.17, 15) is 9.90 Å². The molecule has 3 rings (SSSR count). The van der Waals surface area contributed by atoms with Crippen LogP contribution < -0.4 is 5.32 Å². The van der Waals surface area contributed by atoms with Crippen molar-refractivity contribution in [2.75, 3.05) is 0 Å². The molecule has 0 aromatic carbocycles. The first-order valence-electron chi connectivity index (χ1n) is 12.6. The molecule has 6 nitrogen and oxygen atoms in total. The van der Waals surface area contributed by atoms with Gasteiger partial charge in [-0.05, 0) is 30.6 Å². The first kappa shape index (κ1) is 24.2. The van der Waals surface area contributed by atoms with Gasteiger partial charge in [0.1, 0.15) is 0 Å². The summed E-state index contributed by atoms with van der Waals surface area (Å²) in [7, 11) is 0. The molecule has 1 aromatic heterocycles. The summed E-state index contributed by atoms with van der Waals surface area (Å²) in [6.45, 7) is 6.60. The van der Waals surface area contributed by atoms with E-state index in [1.54, 1.807) is 0 Å². The Bertz CT molecular complexity index is 670. The van der Waals surface area contributed by atoms with Gasteiger partial charge < -0.3 is 14.9 Å². The average molecular weight is 434 g/mol. The van der Waals surface area contributed by atoms with Crippen molar-refractivity contribution in [1.82, 2.24) is 15.5 Å². The number of hydrogen-bond acceptors (Lipinski definition) is 5. The maximum Gasteiger partial charge on any atom is 0.307 e. The van der Waals surface area contributed by atoms with Crippen molar-refractivity contribution in [3.63, 3.8) is 0 Å². The molecule has 1 unspecified atom stereocenters. The highest BCUT2D eigenvalue weighted by Crippen LogP contribution is 2.41. The lowest BCUT2D eigenvalue weighted by Gasteiger charge is -2.32. The Labute approximate surface area is 188 Å². The molecule has 0 amide bonds. The molecule has 0 radical (unpaired) electrons. The number of aromatic nitrogens is 2. The molecule has 2 aliphatic rings. The summed E-state index contributed by atoms with van der Waals surface area (Å²) in [6, 6.07) is 0.531. The zero-order valence-electron chi connectivity index (χ0n) is 19.9. The molecule has 0 bridgehead atoms. The molecule has 0 aliphatic heterocycles. The minimum Gasteiger partial charge on any atom is -0.481 e. The number of aliphatic carboxylic acids is 1. The Kier molecular flexibility index (Phi) is 8.94. The van der Waals surface area contributed by atoms with Crippen molar-refractivity contribution < 1.29 is 14.4 Å².